The van der Waals surface area contributed by atoms with Crippen LogP contribution in [0, 0.1) is 21.4 Å². The third kappa shape index (κ3) is 3.99. The molecule has 0 aliphatic heterocycles. The Kier molecular flexibility index (Phi) is 5.01. The fourth-order valence-electron chi connectivity index (χ4n) is 2.02. The molecule has 0 spiro atoms. The molecule has 0 saturated carbocycles. The number of anilines is 1. The fourth-order valence-corrected chi connectivity index (χ4v) is 2.79. The molecule has 0 aliphatic rings. The third-order valence-electron chi connectivity index (χ3n) is 3.17. The predicted molar refractivity (Wildman–Crippen MR) is 91.2 cm³/mol. The molecule has 0 saturated heterocycles. The van der Waals surface area contributed by atoms with E-state index in [0.29, 0.717) is 18.1 Å². The van der Waals surface area contributed by atoms with Gasteiger partial charge in [0.1, 0.15) is 6.07 Å². The zero-order valence-electron chi connectivity index (χ0n) is 12.8. The minimum absolute atomic E-state index is 0.0632. The number of non-ortho nitro benzene ring substituents is 1. The molecular weight excluding hydrogens is 344 g/mol. The van der Waals surface area contributed by atoms with Crippen LogP contribution in [0.4, 0.5) is 11.6 Å². The Labute approximate surface area is 146 Å². The van der Waals surface area contributed by atoms with Gasteiger partial charge in [-0.15, -0.1) is 11.8 Å². The molecule has 1 aromatic carbocycles. The van der Waals surface area contributed by atoms with Crippen LogP contribution in [0.25, 0.3) is 11.7 Å². The van der Waals surface area contributed by atoms with E-state index in [1.54, 1.807) is 24.3 Å². The molecule has 9 heteroatoms. The third-order valence-corrected chi connectivity index (χ3v) is 4.18. The van der Waals surface area contributed by atoms with Crippen molar-refractivity contribution in [2.75, 3.05) is 17.6 Å². The predicted octanol–water partition coefficient (Wildman–Crippen LogP) is 3.92. The molecule has 0 fully saturated rings. The fraction of sp³-hybridized carbons (Fsp3) is 0.125. The Balaban J connectivity index is 1.55. The van der Waals surface area contributed by atoms with Crippen LogP contribution in [-0.2, 0) is 0 Å². The number of hydrogen-bond donors (Lipinski definition) is 1. The van der Waals surface area contributed by atoms with E-state index in [1.807, 2.05) is 6.07 Å². The van der Waals surface area contributed by atoms with E-state index in [4.69, 9.17) is 14.1 Å². The van der Waals surface area contributed by atoms with E-state index in [-0.39, 0.29) is 23.2 Å². The Morgan fingerprint density at radius 3 is 2.76 bits per heavy atom. The van der Waals surface area contributed by atoms with Crippen molar-refractivity contribution in [3.05, 3.63) is 58.5 Å². The van der Waals surface area contributed by atoms with Crippen molar-refractivity contribution >= 4 is 23.3 Å². The summed E-state index contributed by atoms with van der Waals surface area (Å²) in [5.41, 5.74) is 0.222. The number of thioether (sulfide) groups is 1. The standard InChI is InChI=1S/C16H12N4O4S/c17-10-13-15(24-16(19-13)14-2-1-8-23-14)18-7-9-25-12-5-3-11(4-6-12)20(21)22/h1-6,8,18H,7,9H2. The summed E-state index contributed by atoms with van der Waals surface area (Å²) >= 11 is 1.53. The van der Waals surface area contributed by atoms with Crippen molar-refractivity contribution in [2.24, 2.45) is 0 Å². The second-order valence-corrected chi connectivity index (χ2v) is 5.98. The number of aromatic nitrogens is 1. The first-order valence-electron chi connectivity index (χ1n) is 7.23. The van der Waals surface area contributed by atoms with Gasteiger partial charge in [0.05, 0.1) is 11.2 Å². The number of benzene rings is 1. The quantitative estimate of drug-likeness (QED) is 0.293. The molecular formula is C16H12N4O4S. The molecule has 2 aromatic heterocycles. The molecule has 1 N–H and O–H groups in total. The summed E-state index contributed by atoms with van der Waals surface area (Å²) in [5.74, 6) is 1.66. The van der Waals surface area contributed by atoms with Gasteiger partial charge in [-0.2, -0.15) is 10.2 Å². The average molecular weight is 356 g/mol. The summed E-state index contributed by atoms with van der Waals surface area (Å²) in [5, 5.41) is 22.8. The Morgan fingerprint density at radius 2 is 2.12 bits per heavy atom. The molecule has 0 atom stereocenters. The van der Waals surface area contributed by atoms with Crippen molar-refractivity contribution in [2.45, 2.75) is 4.90 Å². The van der Waals surface area contributed by atoms with Crippen LogP contribution < -0.4 is 5.32 Å². The Morgan fingerprint density at radius 1 is 1.32 bits per heavy atom. The van der Waals surface area contributed by atoms with Gasteiger partial charge < -0.3 is 14.2 Å². The van der Waals surface area contributed by atoms with Gasteiger partial charge in [-0.3, -0.25) is 10.1 Å². The van der Waals surface area contributed by atoms with Crippen molar-refractivity contribution < 1.29 is 13.8 Å². The highest BCUT2D eigenvalue weighted by molar-refractivity contribution is 7.99. The van der Waals surface area contributed by atoms with Gasteiger partial charge in [-0.05, 0) is 24.3 Å². The van der Waals surface area contributed by atoms with Gasteiger partial charge in [0, 0.05) is 29.3 Å². The number of rotatable bonds is 7. The first-order valence-corrected chi connectivity index (χ1v) is 8.22. The maximum atomic E-state index is 10.6. The summed E-state index contributed by atoms with van der Waals surface area (Å²) in [6, 6.07) is 11.7. The molecule has 126 valence electrons. The molecule has 0 radical (unpaired) electrons. The molecule has 0 amide bonds. The van der Waals surface area contributed by atoms with E-state index in [0.717, 1.165) is 4.90 Å². The van der Waals surface area contributed by atoms with E-state index in [1.165, 1.54) is 30.2 Å². The normalized spacial score (nSPS) is 10.4. The van der Waals surface area contributed by atoms with Crippen molar-refractivity contribution in [1.82, 2.24) is 4.98 Å². The lowest BCUT2D eigenvalue weighted by Gasteiger charge is -2.03. The highest BCUT2D eigenvalue weighted by Gasteiger charge is 2.15. The van der Waals surface area contributed by atoms with Crippen molar-refractivity contribution in [3.8, 4) is 17.7 Å². The van der Waals surface area contributed by atoms with Crippen LogP contribution in [-0.4, -0.2) is 22.2 Å². The maximum absolute atomic E-state index is 10.6. The zero-order chi connectivity index (χ0) is 17.6. The van der Waals surface area contributed by atoms with Crippen LogP contribution in [0.1, 0.15) is 5.69 Å². The Bertz CT molecular complexity index is 897. The van der Waals surface area contributed by atoms with Gasteiger partial charge in [0.2, 0.25) is 11.6 Å². The smallest absolute Gasteiger partial charge is 0.269 e. The minimum atomic E-state index is -0.431. The first-order chi connectivity index (χ1) is 12.2. The van der Waals surface area contributed by atoms with E-state index in [9.17, 15) is 10.1 Å². The summed E-state index contributed by atoms with van der Waals surface area (Å²) in [7, 11) is 0. The zero-order valence-corrected chi connectivity index (χ0v) is 13.7. The lowest BCUT2D eigenvalue weighted by atomic mass is 10.3. The lowest BCUT2D eigenvalue weighted by Crippen LogP contribution is -2.04. The van der Waals surface area contributed by atoms with Crippen LogP contribution in [0.15, 0.2) is 56.4 Å². The van der Waals surface area contributed by atoms with E-state index >= 15 is 0 Å². The van der Waals surface area contributed by atoms with E-state index in [2.05, 4.69) is 10.3 Å². The van der Waals surface area contributed by atoms with Gasteiger partial charge in [-0.1, -0.05) is 0 Å². The molecule has 25 heavy (non-hydrogen) atoms. The highest BCUT2D eigenvalue weighted by Crippen LogP contribution is 2.26. The highest BCUT2D eigenvalue weighted by atomic mass is 32.2. The second kappa shape index (κ2) is 7.55. The summed E-state index contributed by atoms with van der Waals surface area (Å²) < 4.78 is 10.7. The number of nitro groups is 1. The summed E-state index contributed by atoms with van der Waals surface area (Å²) in [4.78, 5) is 15.2. The average Bonchev–Trinajstić information content (AvgIpc) is 3.28. The Hall–Kier alpha value is -3.25. The molecule has 0 aliphatic carbocycles. The SMILES string of the molecule is N#Cc1nc(-c2ccco2)oc1NCCSc1ccc([N+](=O)[O-])cc1. The number of hydrogen-bond acceptors (Lipinski definition) is 8. The molecule has 0 bridgehead atoms. The molecule has 2 heterocycles. The first kappa shape index (κ1) is 16.6. The van der Waals surface area contributed by atoms with Crippen molar-refractivity contribution in [3.63, 3.8) is 0 Å². The second-order valence-electron chi connectivity index (χ2n) is 4.81. The van der Waals surface area contributed by atoms with Gasteiger partial charge in [0.15, 0.2) is 5.76 Å². The molecule has 8 nitrogen and oxygen atoms in total. The minimum Gasteiger partial charge on any atom is -0.459 e. The van der Waals surface area contributed by atoms with Gasteiger partial charge in [0.25, 0.3) is 11.6 Å². The topological polar surface area (TPSA) is 118 Å². The number of furan rings is 1. The number of oxazole rings is 1. The lowest BCUT2D eigenvalue weighted by molar-refractivity contribution is -0.384. The van der Waals surface area contributed by atoms with Crippen LogP contribution in [0.3, 0.4) is 0 Å². The van der Waals surface area contributed by atoms with Crippen LogP contribution >= 0.6 is 11.8 Å². The number of nitrogens with one attached hydrogen (secondary N) is 1. The van der Waals surface area contributed by atoms with Crippen LogP contribution in [0.5, 0.6) is 0 Å². The number of nitriles is 1. The monoisotopic (exact) mass is 356 g/mol. The van der Waals surface area contributed by atoms with Gasteiger partial charge in [-0.25, -0.2) is 0 Å². The van der Waals surface area contributed by atoms with Crippen LogP contribution in [0.2, 0.25) is 0 Å². The van der Waals surface area contributed by atoms with E-state index < -0.39 is 4.92 Å². The largest absolute Gasteiger partial charge is 0.459 e. The maximum Gasteiger partial charge on any atom is 0.269 e. The molecule has 0 unspecified atom stereocenters. The number of nitrogens with zero attached hydrogens (tertiary/aromatic N) is 3. The number of nitro benzene ring substituents is 1. The molecule has 3 aromatic rings. The van der Waals surface area contributed by atoms with Crippen molar-refractivity contribution in [1.29, 1.82) is 5.26 Å². The summed E-state index contributed by atoms with van der Waals surface area (Å²) in [6.45, 7) is 0.531. The summed E-state index contributed by atoms with van der Waals surface area (Å²) in [6.07, 6.45) is 1.50. The van der Waals surface area contributed by atoms with Gasteiger partial charge >= 0.3 is 0 Å². The molecule has 3 rings (SSSR count).